The zero-order valence-corrected chi connectivity index (χ0v) is 15.3. The summed E-state index contributed by atoms with van der Waals surface area (Å²) in [5, 5.41) is 3.22. The lowest BCUT2D eigenvalue weighted by Gasteiger charge is -2.56. The van der Waals surface area contributed by atoms with Crippen molar-refractivity contribution in [2.75, 3.05) is 20.3 Å². The smallest absolute Gasteiger partial charge is 0.251 e. The zero-order chi connectivity index (χ0) is 17.4. The second kappa shape index (κ2) is 6.54. The highest BCUT2D eigenvalue weighted by Gasteiger charge is 2.50. The quantitative estimate of drug-likeness (QED) is 0.848. The van der Waals surface area contributed by atoms with Crippen molar-refractivity contribution in [3.05, 3.63) is 23.8 Å². The lowest BCUT2D eigenvalue weighted by atomic mass is 9.49. The van der Waals surface area contributed by atoms with Crippen LogP contribution in [0.1, 0.15) is 55.8 Å². The van der Waals surface area contributed by atoms with Gasteiger partial charge in [0.25, 0.3) is 5.91 Å². The van der Waals surface area contributed by atoms with Crippen molar-refractivity contribution in [3.8, 4) is 11.5 Å². The third-order valence-corrected chi connectivity index (χ3v) is 6.51. The average molecular weight is 343 g/mol. The van der Waals surface area contributed by atoms with Gasteiger partial charge in [-0.1, -0.05) is 0 Å². The molecule has 4 heteroatoms. The minimum atomic E-state index is -0.00269. The van der Waals surface area contributed by atoms with Gasteiger partial charge in [0.05, 0.1) is 13.7 Å². The van der Waals surface area contributed by atoms with Gasteiger partial charge in [-0.25, -0.2) is 0 Å². The Morgan fingerprint density at radius 1 is 1.12 bits per heavy atom. The Bertz CT molecular complexity index is 619. The molecule has 4 aliphatic carbocycles. The van der Waals surface area contributed by atoms with Crippen LogP contribution in [0.15, 0.2) is 18.2 Å². The fourth-order valence-electron chi connectivity index (χ4n) is 5.96. The van der Waals surface area contributed by atoms with Crippen molar-refractivity contribution in [3.63, 3.8) is 0 Å². The summed E-state index contributed by atoms with van der Waals surface area (Å²) in [7, 11) is 1.61. The van der Waals surface area contributed by atoms with E-state index < -0.39 is 0 Å². The minimum Gasteiger partial charge on any atom is -0.493 e. The van der Waals surface area contributed by atoms with Gasteiger partial charge in [-0.2, -0.15) is 0 Å². The number of methoxy groups -OCH3 is 1. The first kappa shape index (κ1) is 16.7. The molecule has 0 radical (unpaired) electrons. The van der Waals surface area contributed by atoms with Crippen LogP contribution in [0.3, 0.4) is 0 Å². The molecule has 0 unspecified atom stereocenters. The van der Waals surface area contributed by atoms with E-state index in [0.29, 0.717) is 29.1 Å². The molecule has 1 aromatic rings. The largest absolute Gasteiger partial charge is 0.493 e. The number of benzene rings is 1. The lowest BCUT2D eigenvalue weighted by Crippen LogP contribution is -2.51. The molecular formula is C21H29NO3. The molecule has 136 valence electrons. The predicted molar refractivity (Wildman–Crippen MR) is 97.1 cm³/mol. The lowest BCUT2D eigenvalue weighted by molar-refractivity contribution is -0.0503. The number of carbonyl (C=O) groups excluding carboxylic acids is 1. The summed E-state index contributed by atoms with van der Waals surface area (Å²) in [5.41, 5.74) is 1.00. The Morgan fingerprint density at radius 2 is 1.76 bits per heavy atom. The number of ether oxygens (including phenoxy) is 2. The molecule has 1 aromatic carbocycles. The molecular weight excluding hydrogens is 314 g/mol. The van der Waals surface area contributed by atoms with Crippen LogP contribution >= 0.6 is 0 Å². The second-order valence-corrected chi connectivity index (χ2v) is 8.40. The Balaban J connectivity index is 1.42. The summed E-state index contributed by atoms with van der Waals surface area (Å²) in [4.78, 5) is 12.7. The molecule has 0 saturated heterocycles. The van der Waals surface area contributed by atoms with Crippen LogP contribution in [0.2, 0.25) is 0 Å². The van der Waals surface area contributed by atoms with Gasteiger partial charge in [-0.15, -0.1) is 0 Å². The third kappa shape index (κ3) is 3.23. The highest BCUT2D eigenvalue weighted by molar-refractivity contribution is 5.94. The van der Waals surface area contributed by atoms with Gasteiger partial charge in [0.15, 0.2) is 11.5 Å². The van der Waals surface area contributed by atoms with Crippen molar-refractivity contribution in [2.45, 2.75) is 45.4 Å². The van der Waals surface area contributed by atoms with E-state index in [1.165, 1.54) is 38.5 Å². The van der Waals surface area contributed by atoms with Crippen LogP contribution in [-0.2, 0) is 0 Å². The van der Waals surface area contributed by atoms with Gasteiger partial charge in [-0.05, 0) is 86.8 Å². The first-order valence-electron chi connectivity index (χ1n) is 9.70. The van der Waals surface area contributed by atoms with Crippen LogP contribution in [0, 0.1) is 23.2 Å². The molecule has 4 aliphatic rings. The highest BCUT2D eigenvalue weighted by Crippen LogP contribution is 2.59. The van der Waals surface area contributed by atoms with E-state index in [2.05, 4.69) is 5.32 Å². The molecule has 4 nitrogen and oxygen atoms in total. The Labute approximate surface area is 150 Å². The maximum absolute atomic E-state index is 12.7. The minimum absolute atomic E-state index is 0.00269. The van der Waals surface area contributed by atoms with Crippen LogP contribution in [0.5, 0.6) is 11.5 Å². The number of rotatable bonds is 6. The van der Waals surface area contributed by atoms with Crippen LogP contribution in [-0.4, -0.2) is 26.2 Å². The summed E-state index contributed by atoms with van der Waals surface area (Å²) >= 11 is 0. The number of hydrogen-bond acceptors (Lipinski definition) is 3. The van der Waals surface area contributed by atoms with E-state index in [-0.39, 0.29) is 5.91 Å². The molecule has 4 saturated carbocycles. The van der Waals surface area contributed by atoms with Crippen molar-refractivity contribution >= 4 is 5.91 Å². The number of nitrogens with one attached hydrogen (secondary N) is 1. The van der Waals surface area contributed by atoms with Gasteiger partial charge in [0.1, 0.15) is 0 Å². The molecule has 0 atom stereocenters. The standard InChI is InChI=1S/C21H29NO3/c1-3-25-18-5-4-17(9-19(18)24-2)20(23)22-13-21-10-14-6-15(11-21)8-16(7-14)12-21/h4-5,9,14-16H,3,6-8,10-13H2,1-2H3,(H,22,23). The summed E-state index contributed by atoms with van der Waals surface area (Å²) in [6, 6.07) is 5.42. The number of hydrogen-bond donors (Lipinski definition) is 1. The first-order chi connectivity index (χ1) is 12.1. The third-order valence-electron chi connectivity index (χ3n) is 6.51. The van der Waals surface area contributed by atoms with Crippen LogP contribution in [0.4, 0.5) is 0 Å². The van der Waals surface area contributed by atoms with Crippen molar-refractivity contribution in [1.82, 2.24) is 5.32 Å². The summed E-state index contributed by atoms with van der Waals surface area (Å²) in [5.74, 6) is 4.03. The molecule has 0 spiro atoms. The van der Waals surface area contributed by atoms with E-state index in [0.717, 1.165) is 24.3 Å². The van der Waals surface area contributed by atoms with E-state index in [1.807, 2.05) is 19.1 Å². The van der Waals surface area contributed by atoms with E-state index >= 15 is 0 Å². The summed E-state index contributed by atoms with van der Waals surface area (Å²) in [6.45, 7) is 3.34. The molecule has 0 heterocycles. The molecule has 4 fully saturated rings. The predicted octanol–water partition coefficient (Wildman–Crippen LogP) is 4.04. The fourth-order valence-corrected chi connectivity index (χ4v) is 5.96. The first-order valence-corrected chi connectivity index (χ1v) is 9.70. The zero-order valence-electron chi connectivity index (χ0n) is 15.3. The highest BCUT2D eigenvalue weighted by atomic mass is 16.5. The van der Waals surface area contributed by atoms with E-state index in [4.69, 9.17) is 9.47 Å². The van der Waals surface area contributed by atoms with E-state index in [9.17, 15) is 4.79 Å². The molecule has 4 bridgehead atoms. The van der Waals surface area contributed by atoms with Crippen molar-refractivity contribution < 1.29 is 14.3 Å². The Morgan fingerprint density at radius 3 is 2.32 bits per heavy atom. The maximum atomic E-state index is 12.7. The number of carbonyl (C=O) groups is 1. The Hall–Kier alpha value is -1.71. The normalized spacial score (nSPS) is 32.5. The van der Waals surface area contributed by atoms with Gasteiger partial charge in [0, 0.05) is 12.1 Å². The molecule has 25 heavy (non-hydrogen) atoms. The molecule has 1 amide bonds. The van der Waals surface area contributed by atoms with E-state index in [1.54, 1.807) is 13.2 Å². The molecule has 5 rings (SSSR count). The molecule has 1 N–H and O–H groups in total. The fraction of sp³-hybridized carbons (Fsp3) is 0.667. The van der Waals surface area contributed by atoms with Crippen molar-refractivity contribution in [1.29, 1.82) is 0 Å². The number of amides is 1. The molecule has 0 aromatic heterocycles. The Kier molecular flexibility index (Phi) is 4.38. The maximum Gasteiger partial charge on any atom is 0.251 e. The SMILES string of the molecule is CCOc1ccc(C(=O)NCC23CC4CC(CC(C4)C2)C3)cc1OC. The topological polar surface area (TPSA) is 47.6 Å². The van der Waals surface area contributed by atoms with Gasteiger partial charge in [0.2, 0.25) is 0 Å². The average Bonchev–Trinajstić information content (AvgIpc) is 2.59. The van der Waals surface area contributed by atoms with Crippen molar-refractivity contribution in [2.24, 2.45) is 23.2 Å². The van der Waals surface area contributed by atoms with Gasteiger partial charge in [-0.3, -0.25) is 4.79 Å². The van der Waals surface area contributed by atoms with Crippen LogP contribution in [0.25, 0.3) is 0 Å². The monoisotopic (exact) mass is 343 g/mol. The van der Waals surface area contributed by atoms with Gasteiger partial charge >= 0.3 is 0 Å². The molecule has 0 aliphatic heterocycles. The summed E-state index contributed by atoms with van der Waals surface area (Å²) in [6.07, 6.45) is 8.24. The van der Waals surface area contributed by atoms with Gasteiger partial charge < -0.3 is 14.8 Å². The summed E-state index contributed by atoms with van der Waals surface area (Å²) < 4.78 is 10.9. The van der Waals surface area contributed by atoms with Crippen LogP contribution < -0.4 is 14.8 Å². The second-order valence-electron chi connectivity index (χ2n) is 8.40.